The number of hydrogen-bond acceptors (Lipinski definition) is 7. The highest BCUT2D eigenvalue weighted by Gasteiger charge is 2.43. The number of alkyl halides is 2. The lowest BCUT2D eigenvalue weighted by molar-refractivity contribution is -0.117. The largest absolute Gasteiger partial charge is 0.354 e. The zero-order valence-corrected chi connectivity index (χ0v) is 23.1. The predicted molar refractivity (Wildman–Crippen MR) is 145 cm³/mol. The molecule has 0 radical (unpaired) electrons. The Morgan fingerprint density at radius 1 is 0.949 bits per heavy atom. The molecule has 1 unspecified atom stereocenters. The molecule has 5 rings (SSSR count). The summed E-state index contributed by atoms with van der Waals surface area (Å²) in [4.78, 5) is 19.8. The molecule has 0 bridgehead atoms. The van der Waals surface area contributed by atoms with E-state index in [0.717, 1.165) is 0 Å². The van der Waals surface area contributed by atoms with E-state index in [9.17, 15) is 13.2 Å². The van der Waals surface area contributed by atoms with E-state index < -0.39 is 21.9 Å². The van der Waals surface area contributed by atoms with Crippen molar-refractivity contribution >= 4 is 39.0 Å². The summed E-state index contributed by atoms with van der Waals surface area (Å²) in [5.41, 5.74) is 12.2. The van der Waals surface area contributed by atoms with E-state index in [1.54, 1.807) is 21.9 Å². The first-order chi connectivity index (χ1) is 18.4. The van der Waals surface area contributed by atoms with E-state index in [-0.39, 0.29) is 66.2 Å². The smallest absolute Gasteiger partial charge is 0.276 e. The van der Waals surface area contributed by atoms with Gasteiger partial charge in [-0.3, -0.25) is 4.79 Å². The van der Waals surface area contributed by atoms with Gasteiger partial charge in [-0.1, -0.05) is 11.6 Å². The summed E-state index contributed by atoms with van der Waals surface area (Å²) in [6.45, 7) is 1.25. The fourth-order valence-electron chi connectivity index (χ4n) is 5.64. The van der Waals surface area contributed by atoms with Gasteiger partial charge in [-0.05, 0) is 62.1 Å². The second-order valence-corrected chi connectivity index (χ2v) is 13.0. The Morgan fingerprint density at radius 2 is 1.59 bits per heavy atom. The molecule has 2 aliphatic heterocycles. The molecule has 2 aromatic rings. The van der Waals surface area contributed by atoms with Gasteiger partial charge in [0.25, 0.3) is 5.92 Å². The van der Waals surface area contributed by atoms with Crippen LogP contribution in [0.4, 0.5) is 20.3 Å². The summed E-state index contributed by atoms with van der Waals surface area (Å²) in [7, 11) is -3.79. The van der Waals surface area contributed by atoms with Gasteiger partial charge in [0.1, 0.15) is 11.0 Å². The van der Waals surface area contributed by atoms with Crippen LogP contribution >= 0.6 is 11.6 Å². The van der Waals surface area contributed by atoms with Gasteiger partial charge in [0.05, 0.1) is 4.90 Å². The Morgan fingerprint density at radius 3 is 2.18 bits per heavy atom. The molecule has 212 valence electrons. The van der Waals surface area contributed by atoms with Crippen LogP contribution < -0.4 is 21.3 Å². The highest BCUT2D eigenvalue weighted by Crippen LogP contribution is 2.44. The Labute approximate surface area is 232 Å². The number of pyridine rings is 1. The van der Waals surface area contributed by atoms with Crippen molar-refractivity contribution in [1.29, 1.82) is 0 Å². The zero-order chi connectivity index (χ0) is 27.9. The fourth-order valence-corrected chi connectivity index (χ4v) is 7.27. The second-order valence-electron chi connectivity index (χ2n) is 10.6. The average Bonchev–Trinajstić information content (AvgIpc) is 3.26. The van der Waals surface area contributed by atoms with Crippen LogP contribution in [0.25, 0.3) is 0 Å². The number of hydrogen-bond donors (Lipinski definition) is 2. The molecule has 9 nitrogen and oxygen atoms in total. The summed E-state index contributed by atoms with van der Waals surface area (Å²) in [6.07, 6.45) is 2.09. The molecule has 1 aromatic carbocycles. The van der Waals surface area contributed by atoms with E-state index in [4.69, 9.17) is 23.1 Å². The van der Waals surface area contributed by atoms with Crippen molar-refractivity contribution in [2.45, 2.75) is 55.0 Å². The summed E-state index contributed by atoms with van der Waals surface area (Å²) in [6, 6.07) is 8.50. The van der Waals surface area contributed by atoms with Crippen LogP contribution in [-0.2, 0) is 20.7 Å². The lowest BCUT2D eigenvalue weighted by Crippen LogP contribution is -2.49. The molecule has 0 spiro atoms. The van der Waals surface area contributed by atoms with E-state index in [2.05, 4.69) is 4.98 Å². The van der Waals surface area contributed by atoms with Crippen molar-refractivity contribution in [1.82, 2.24) is 9.29 Å². The number of anilines is 2. The molecular weight excluding hydrogens is 550 g/mol. The van der Waals surface area contributed by atoms with Crippen LogP contribution in [0, 0.1) is 5.92 Å². The van der Waals surface area contributed by atoms with Gasteiger partial charge in [0.15, 0.2) is 0 Å². The predicted octanol–water partition coefficient (Wildman–Crippen LogP) is 2.92. The normalized spacial score (nSPS) is 25.4. The van der Waals surface area contributed by atoms with Gasteiger partial charge in [-0.2, -0.15) is 4.31 Å². The van der Waals surface area contributed by atoms with Gasteiger partial charge in [-0.15, -0.1) is 0 Å². The number of piperazine rings is 1. The minimum Gasteiger partial charge on any atom is -0.354 e. The third-order valence-corrected chi connectivity index (χ3v) is 10.1. The molecule has 3 aliphatic rings. The maximum atomic E-state index is 15.4. The Bertz CT molecular complexity index is 1310. The Balaban J connectivity index is 1.26. The quantitative estimate of drug-likeness (QED) is 0.502. The summed E-state index contributed by atoms with van der Waals surface area (Å²) < 4.78 is 58.7. The third kappa shape index (κ3) is 5.76. The Hall–Kier alpha value is -2.38. The van der Waals surface area contributed by atoms with Crippen LogP contribution in [0.15, 0.2) is 41.3 Å². The van der Waals surface area contributed by atoms with Crippen LogP contribution in [0.1, 0.15) is 37.7 Å². The van der Waals surface area contributed by atoms with Crippen LogP contribution in [0.3, 0.4) is 0 Å². The highest BCUT2D eigenvalue weighted by atomic mass is 35.5. The van der Waals surface area contributed by atoms with Crippen molar-refractivity contribution in [3.05, 3.63) is 47.1 Å². The van der Waals surface area contributed by atoms with Crippen LogP contribution in [0.2, 0.25) is 5.15 Å². The number of carbonyl (C=O) groups is 1. The molecule has 1 aliphatic carbocycles. The summed E-state index contributed by atoms with van der Waals surface area (Å²) in [5, 5.41) is -0.0257. The first-order valence-corrected chi connectivity index (χ1v) is 15.0. The number of benzene rings is 1. The highest BCUT2D eigenvalue weighted by molar-refractivity contribution is 7.89. The molecule has 1 aromatic heterocycles. The van der Waals surface area contributed by atoms with Gasteiger partial charge < -0.3 is 21.3 Å². The number of sulfonamides is 1. The maximum absolute atomic E-state index is 15.4. The summed E-state index contributed by atoms with van der Waals surface area (Å²) in [5.74, 6) is -3.66. The van der Waals surface area contributed by atoms with Crippen molar-refractivity contribution in [3.8, 4) is 0 Å². The molecule has 3 heterocycles. The SMILES string of the molecule is NC1CCC(C(F)(F)c2cc(Cl)nc(N3CCN(S(=O)(=O)c4ccc(N5CC(N)CC5=O)cc4)CC3)c2)CC1. The number of nitrogens with two attached hydrogens (primary N) is 2. The van der Waals surface area contributed by atoms with Gasteiger partial charge in [0.2, 0.25) is 15.9 Å². The number of nitrogens with zero attached hydrogens (tertiary/aromatic N) is 4. The molecule has 2 saturated heterocycles. The van der Waals surface area contributed by atoms with E-state index >= 15 is 8.78 Å². The molecule has 3 fully saturated rings. The maximum Gasteiger partial charge on any atom is 0.276 e. The zero-order valence-electron chi connectivity index (χ0n) is 21.5. The van der Waals surface area contributed by atoms with Crippen LogP contribution in [0.5, 0.6) is 0 Å². The number of aromatic nitrogens is 1. The minimum atomic E-state index is -3.79. The first kappa shape index (κ1) is 28.2. The number of halogens is 3. The Kier molecular flexibility index (Phi) is 7.86. The molecule has 13 heteroatoms. The lowest BCUT2D eigenvalue weighted by atomic mass is 9.80. The topological polar surface area (TPSA) is 126 Å². The van der Waals surface area contributed by atoms with E-state index in [1.165, 1.54) is 28.6 Å². The standard InChI is InChI=1S/C26H33ClF2N6O3S/c27-23-13-18(26(28,29)17-1-3-19(30)4-2-17)14-24(32-23)33-9-11-34(12-10-33)39(37,38)22-7-5-21(6-8-22)35-16-20(31)15-25(35)36/h5-8,13-14,17,19-20H,1-4,9-12,15-16,30-31H2. The second kappa shape index (κ2) is 10.9. The van der Waals surface area contributed by atoms with Crippen molar-refractivity contribution in [2.24, 2.45) is 17.4 Å². The number of rotatable bonds is 6. The molecular formula is C26H33ClF2N6O3S. The lowest BCUT2D eigenvalue weighted by Gasteiger charge is -2.36. The minimum absolute atomic E-state index is 0.0257. The van der Waals surface area contributed by atoms with Crippen molar-refractivity contribution in [3.63, 3.8) is 0 Å². The third-order valence-electron chi connectivity index (χ3n) is 7.95. The van der Waals surface area contributed by atoms with Gasteiger partial charge in [-0.25, -0.2) is 22.2 Å². The van der Waals surface area contributed by atoms with E-state index in [1.807, 2.05) is 0 Å². The average molecular weight is 583 g/mol. The van der Waals surface area contributed by atoms with Gasteiger partial charge >= 0.3 is 0 Å². The fraction of sp³-hybridized carbons (Fsp3) is 0.538. The van der Waals surface area contributed by atoms with E-state index in [0.29, 0.717) is 43.7 Å². The molecule has 1 atom stereocenters. The molecule has 1 saturated carbocycles. The monoisotopic (exact) mass is 582 g/mol. The van der Waals surface area contributed by atoms with Crippen molar-refractivity contribution < 1.29 is 22.0 Å². The number of amides is 1. The first-order valence-electron chi connectivity index (χ1n) is 13.2. The molecule has 39 heavy (non-hydrogen) atoms. The molecule has 1 amide bonds. The molecule has 4 N–H and O–H groups in total. The van der Waals surface area contributed by atoms with Gasteiger partial charge in [0, 0.05) is 68.4 Å². The summed E-state index contributed by atoms with van der Waals surface area (Å²) >= 11 is 6.17. The van der Waals surface area contributed by atoms with Crippen molar-refractivity contribution in [2.75, 3.05) is 42.5 Å². The number of carbonyl (C=O) groups excluding carboxylic acids is 1. The van der Waals surface area contributed by atoms with Crippen LogP contribution in [-0.4, -0.2) is 68.4 Å².